The van der Waals surface area contributed by atoms with E-state index in [0.29, 0.717) is 0 Å². The Kier molecular flexibility index (Phi) is 3.66. The molecule has 2 aromatic rings. The first-order chi connectivity index (χ1) is 9.04. The third-order valence-corrected chi connectivity index (χ3v) is 2.63. The SMILES string of the molecule is Cc1cccc(NC(=O)Cn2ccc(=O)c(N)c2)c1. The molecule has 0 atom stereocenters. The largest absolute Gasteiger partial charge is 0.394 e. The molecule has 1 heterocycles. The predicted molar refractivity (Wildman–Crippen MR) is 74.9 cm³/mol. The fraction of sp³-hybridized carbons (Fsp3) is 0.143. The van der Waals surface area contributed by atoms with Gasteiger partial charge in [-0.1, -0.05) is 12.1 Å². The van der Waals surface area contributed by atoms with E-state index >= 15 is 0 Å². The van der Waals surface area contributed by atoms with Crippen molar-refractivity contribution in [3.05, 3.63) is 58.5 Å². The summed E-state index contributed by atoms with van der Waals surface area (Å²) in [4.78, 5) is 23.0. The van der Waals surface area contributed by atoms with Crippen LogP contribution in [0.1, 0.15) is 5.56 Å². The number of carbonyl (C=O) groups is 1. The van der Waals surface area contributed by atoms with Crippen LogP contribution in [0.4, 0.5) is 11.4 Å². The molecule has 5 heteroatoms. The molecule has 0 aliphatic rings. The minimum atomic E-state index is -0.240. The molecule has 0 fully saturated rings. The van der Waals surface area contributed by atoms with Gasteiger partial charge >= 0.3 is 0 Å². The van der Waals surface area contributed by atoms with Crippen LogP contribution < -0.4 is 16.5 Å². The van der Waals surface area contributed by atoms with Gasteiger partial charge in [0.2, 0.25) is 11.3 Å². The number of nitrogens with two attached hydrogens (primary N) is 1. The number of hydrogen-bond donors (Lipinski definition) is 2. The van der Waals surface area contributed by atoms with Crippen molar-refractivity contribution >= 4 is 17.3 Å². The van der Waals surface area contributed by atoms with E-state index in [1.807, 2.05) is 31.2 Å². The van der Waals surface area contributed by atoms with Crippen molar-refractivity contribution in [1.29, 1.82) is 0 Å². The van der Waals surface area contributed by atoms with Gasteiger partial charge in [-0.25, -0.2) is 0 Å². The van der Waals surface area contributed by atoms with Crippen molar-refractivity contribution in [3.63, 3.8) is 0 Å². The lowest BCUT2D eigenvalue weighted by molar-refractivity contribution is -0.116. The molecule has 1 aromatic heterocycles. The predicted octanol–water partition coefficient (Wildman–Crippen LogP) is 1.38. The van der Waals surface area contributed by atoms with Gasteiger partial charge in [0.15, 0.2) is 0 Å². The number of rotatable bonds is 3. The van der Waals surface area contributed by atoms with Gasteiger partial charge in [0.05, 0.1) is 5.69 Å². The Morgan fingerprint density at radius 1 is 1.37 bits per heavy atom. The number of amides is 1. The lowest BCUT2D eigenvalue weighted by atomic mass is 10.2. The van der Waals surface area contributed by atoms with Gasteiger partial charge in [-0.2, -0.15) is 0 Å². The lowest BCUT2D eigenvalue weighted by Gasteiger charge is -2.08. The number of benzene rings is 1. The van der Waals surface area contributed by atoms with Crippen LogP contribution in [-0.4, -0.2) is 10.5 Å². The summed E-state index contributed by atoms with van der Waals surface area (Å²) in [6.45, 7) is 2.07. The average Bonchev–Trinajstić information content (AvgIpc) is 2.34. The zero-order valence-electron chi connectivity index (χ0n) is 10.6. The van der Waals surface area contributed by atoms with Crippen LogP contribution in [0.5, 0.6) is 0 Å². The molecular formula is C14H15N3O2. The number of nitrogen functional groups attached to an aromatic ring is 1. The summed E-state index contributed by atoms with van der Waals surface area (Å²) >= 11 is 0. The number of aryl methyl sites for hydroxylation is 1. The molecule has 0 unspecified atom stereocenters. The van der Waals surface area contributed by atoms with Crippen molar-refractivity contribution in [3.8, 4) is 0 Å². The van der Waals surface area contributed by atoms with E-state index < -0.39 is 0 Å². The monoisotopic (exact) mass is 257 g/mol. The maximum absolute atomic E-state index is 11.8. The first-order valence-electron chi connectivity index (χ1n) is 5.87. The van der Waals surface area contributed by atoms with Gasteiger partial charge in [0, 0.05) is 24.1 Å². The highest BCUT2D eigenvalue weighted by molar-refractivity contribution is 5.90. The number of aromatic nitrogens is 1. The van der Waals surface area contributed by atoms with Crippen LogP contribution in [0, 0.1) is 6.92 Å². The number of carbonyl (C=O) groups excluding carboxylic acids is 1. The fourth-order valence-corrected chi connectivity index (χ4v) is 1.73. The highest BCUT2D eigenvalue weighted by Crippen LogP contribution is 2.09. The van der Waals surface area contributed by atoms with E-state index in [1.165, 1.54) is 18.5 Å². The molecule has 0 aliphatic carbocycles. The molecule has 3 N–H and O–H groups in total. The van der Waals surface area contributed by atoms with E-state index in [-0.39, 0.29) is 23.6 Å². The van der Waals surface area contributed by atoms with Crippen LogP contribution in [0.2, 0.25) is 0 Å². The second kappa shape index (κ2) is 5.39. The molecule has 1 aromatic carbocycles. The van der Waals surface area contributed by atoms with Gasteiger partial charge in [0.1, 0.15) is 6.54 Å². The van der Waals surface area contributed by atoms with Crippen LogP contribution in [0.25, 0.3) is 0 Å². The summed E-state index contributed by atoms with van der Waals surface area (Å²) in [5, 5.41) is 2.79. The Balaban J connectivity index is 2.05. The molecule has 5 nitrogen and oxygen atoms in total. The van der Waals surface area contributed by atoms with E-state index in [9.17, 15) is 9.59 Å². The van der Waals surface area contributed by atoms with Crippen LogP contribution in [0.3, 0.4) is 0 Å². The number of nitrogens with one attached hydrogen (secondary N) is 1. The number of pyridine rings is 1. The zero-order valence-corrected chi connectivity index (χ0v) is 10.6. The van der Waals surface area contributed by atoms with Crippen LogP contribution in [0.15, 0.2) is 47.5 Å². The number of hydrogen-bond acceptors (Lipinski definition) is 3. The third-order valence-electron chi connectivity index (χ3n) is 2.63. The summed E-state index contributed by atoms with van der Waals surface area (Å²) in [5.74, 6) is -0.173. The molecular weight excluding hydrogens is 242 g/mol. The molecule has 98 valence electrons. The van der Waals surface area contributed by atoms with Gasteiger partial charge < -0.3 is 15.6 Å². The summed E-state index contributed by atoms with van der Waals surface area (Å²) in [7, 11) is 0. The summed E-state index contributed by atoms with van der Waals surface area (Å²) in [6.07, 6.45) is 2.99. The van der Waals surface area contributed by atoms with Crippen LogP contribution in [-0.2, 0) is 11.3 Å². The zero-order chi connectivity index (χ0) is 13.8. The summed E-state index contributed by atoms with van der Waals surface area (Å²) < 4.78 is 1.57. The van der Waals surface area contributed by atoms with Crippen molar-refractivity contribution in [2.45, 2.75) is 13.5 Å². The normalized spacial score (nSPS) is 10.2. The maximum atomic E-state index is 11.8. The second-order valence-electron chi connectivity index (χ2n) is 4.35. The summed E-state index contributed by atoms with van der Waals surface area (Å²) in [6, 6.07) is 8.89. The minimum Gasteiger partial charge on any atom is -0.394 e. The molecule has 0 saturated carbocycles. The Morgan fingerprint density at radius 2 is 2.16 bits per heavy atom. The molecule has 0 radical (unpaired) electrons. The van der Waals surface area contributed by atoms with Crippen molar-refractivity contribution in [2.75, 3.05) is 11.1 Å². The maximum Gasteiger partial charge on any atom is 0.244 e. The van der Waals surface area contributed by atoms with Gasteiger partial charge in [-0.3, -0.25) is 9.59 Å². The highest BCUT2D eigenvalue weighted by atomic mass is 16.2. The number of nitrogens with zero attached hydrogens (tertiary/aromatic N) is 1. The molecule has 0 spiro atoms. The first-order valence-corrected chi connectivity index (χ1v) is 5.87. The second-order valence-corrected chi connectivity index (χ2v) is 4.35. The van der Waals surface area contributed by atoms with E-state index in [0.717, 1.165) is 11.3 Å². The summed E-state index contributed by atoms with van der Waals surface area (Å²) in [5.41, 5.74) is 7.22. The Labute approximate surface area is 110 Å². The smallest absolute Gasteiger partial charge is 0.244 e. The minimum absolute atomic E-state index is 0.110. The molecule has 2 rings (SSSR count). The molecule has 0 saturated heterocycles. The van der Waals surface area contributed by atoms with Gasteiger partial charge in [0.25, 0.3) is 0 Å². The third kappa shape index (κ3) is 3.45. The first kappa shape index (κ1) is 12.9. The van der Waals surface area contributed by atoms with Gasteiger partial charge in [-0.15, -0.1) is 0 Å². The molecule has 1 amide bonds. The fourth-order valence-electron chi connectivity index (χ4n) is 1.73. The van der Waals surface area contributed by atoms with Crippen molar-refractivity contribution in [1.82, 2.24) is 4.57 Å². The quantitative estimate of drug-likeness (QED) is 0.872. The standard InChI is InChI=1S/C14H15N3O2/c1-10-3-2-4-11(7-10)16-14(19)9-17-6-5-13(18)12(15)8-17/h2-8H,9,15H2,1H3,(H,16,19). The molecule has 0 aliphatic heterocycles. The Hall–Kier alpha value is -2.56. The average molecular weight is 257 g/mol. The Bertz CT molecular complexity index is 662. The molecule has 0 bridgehead atoms. The van der Waals surface area contributed by atoms with Crippen molar-refractivity contribution in [2.24, 2.45) is 0 Å². The Morgan fingerprint density at radius 3 is 2.84 bits per heavy atom. The van der Waals surface area contributed by atoms with Crippen molar-refractivity contribution < 1.29 is 4.79 Å². The van der Waals surface area contributed by atoms with Gasteiger partial charge in [-0.05, 0) is 24.6 Å². The molecule has 19 heavy (non-hydrogen) atoms. The lowest BCUT2D eigenvalue weighted by Crippen LogP contribution is -2.20. The van der Waals surface area contributed by atoms with E-state index in [4.69, 9.17) is 5.73 Å². The topological polar surface area (TPSA) is 77.1 Å². The van der Waals surface area contributed by atoms with Crippen LogP contribution >= 0.6 is 0 Å². The van der Waals surface area contributed by atoms with E-state index in [1.54, 1.807) is 4.57 Å². The highest BCUT2D eigenvalue weighted by Gasteiger charge is 2.04. The number of anilines is 2. The van der Waals surface area contributed by atoms with E-state index in [2.05, 4.69) is 5.32 Å².